The van der Waals surface area contributed by atoms with Crippen molar-refractivity contribution in [3.05, 3.63) is 56.4 Å². The molecule has 0 aliphatic rings. The monoisotopic (exact) mass is 395 g/mol. The number of pyridine rings is 1. The third-order valence-electron chi connectivity index (χ3n) is 3.37. The summed E-state index contributed by atoms with van der Waals surface area (Å²) in [4.78, 5) is 30.3. The first-order chi connectivity index (χ1) is 12.0. The van der Waals surface area contributed by atoms with Crippen LogP contribution in [0.1, 0.15) is 5.82 Å². The van der Waals surface area contributed by atoms with E-state index in [4.69, 9.17) is 23.2 Å². The Morgan fingerprint density at radius 3 is 2.80 bits per heavy atom. The highest BCUT2D eigenvalue weighted by molar-refractivity contribution is 7.97. The molecule has 0 atom stereocenters. The van der Waals surface area contributed by atoms with E-state index in [0.29, 0.717) is 43.9 Å². The van der Waals surface area contributed by atoms with Crippen molar-refractivity contribution in [2.24, 2.45) is 0 Å². The van der Waals surface area contributed by atoms with Crippen LogP contribution in [0.15, 0.2) is 34.2 Å². The second-order valence-corrected chi connectivity index (χ2v) is 6.77. The highest BCUT2D eigenvalue weighted by Gasteiger charge is 2.07. The van der Waals surface area contributed by atoms with Crippen LogP contribution in [0.2, 0.25) is 10.2 Å². The lowest BCUT2D eigenvalue weighted by molar-refractivity contribution is 0.629. The molecule has 4 rings (SSSR count). The molecular formula is C15H8Cl2FN5OS. The molecule has 10 heteroatoms. The molecule has 3 heterocycles. The molecule has 0 spiro atoms. The largest absolute Gasteiger partial charge is 0.332 e. The van der Waals surface area contributed by atoms with Gasteiger partial charge in [0.1, 0.15) is 16.8 Å². The van der Waals surface area contributed by atoms with Gasteiger partial charge in [0.25, 0.3) is 5.56 Å². The van der Waals surface area contributed by atoms with Gasteiger partial charge < -0.3 is 9.97 Å². The highest BCUT2D eigenvalue weighted by atomic mass is 35.5. The zero-order valence-electron chi connectivity index (χ0n) is 12.2. The van der Waals surface area contributed by atoms with E-state index in [1.165, 1.54) is 18.2 Å². The Labute approximate surface area is 153 Å². The highest BCUT2D eigenvalue weighted by Crippen LogP contribution is 2.24. The van der Waals surface area contributed by atoms with Crippen LogP contribution in [-0.4, -0.2) is 30.3 Å². The second-order valence-electron chi connectivity index (χ2n) is 5.06. The summed E-state index contributed by atoms with van der Waals surface area (Å²) in [6.45, 7) is 0. The van der Waals surface area contributed by atoms with E-state index < -0.39 is 5.82 Å². The minimum absolute atomic E-state index is 0.176. The average molecular weight is 396 g/mol. The van der Waals surface area contributed by atoms with Crippen molar-refractivity contribution in [2.75, 3.05) is 0 Å². The summed E-state index contributed by atoms with van der Waals surface area (Å²) < 4.78 is 13.3. The summed E-state index contributed by atoms with van der Waals surface area (Å²) in [5.41, 5.74) is 1.03. The molecule has 0 saturated carbocycles. The van der Waals surface area contributed by atoms with E-state index >= 15 is 0 Å². The van der Waals surface area contributed by atoms with Crippen LogP contribution in [0.3, 0.4) is 0 Å². The van der Waals surface area contributed by atoms with E-state index in [9.17, 15) is 9.18 Å². The van der Waals surface area contributed by atoms with Crippen LogP contribution in [-0.2, 0) is 0 Å². The summed E-state index contributed by atoms with van der Waals surface area (Å²) in [6.07, 6.45) is 0. The van der Waals surface area contributed by atoms with Crippen molar-refractivity contribution >= 4 is 62.0 Å². The first kappa shape index (κ1) is 16.2. The number of aromatic nitrogens is 5. The van der Waals surface area contributed by atoms with Gasteiger partial charge in [0.05, 0.1) is 21.4 Å². The number of halogens is 3. The van der Waals surface area contributed by atoms with E-state index in [2.05, 4.69) is 24.9 Å². The topological polar surface area (TPSA) is 87.3 Å². The Balaban J connectivity index is 1.74. The molecule has 1 aromatic carbocycles. The quantitative estimate of drug-likeness (QED) is 0.276. The molecule has 0 radical (unpaired) electrons. The van der Waals surface area contributed by atoms with Gasteiger partial charge in [-0.3, -0.25) is 4.79 Å². The number of rotatable bonds is 2. The van der Waals surface area contributed by atoms with Crippen molar-refractivity contribution < 1.29 is 4.39 Å². The molecular weight excluding hydrogens is 388 g/mol. The third kappa shape index (κ3) is 3.15. The minimum atomic E-state index is -0.453. The molecule has 0 fully saturated rings. The molecule has 2 N–H and O–H groups in total. The zero-order valence-corrected chi connectivity index (χ0v) is 14.6. The van der Waals surface area contributed by atoms with Crippen molar-refractivity contribution in [3.63, 3.8) is 0 Å². The molecule has 0 bridgehead atoms. The molecule has 0 unspecified atom stereocenters. The van der Waals surface area contributed by atoms with Crippen LogP contribution >= 0.6 is 34.6 Å². The maximum atomic E-state index is 13.3. The molecule has 0 amide bonds. The number of thiol groups is 1. The van der Waals surface area contributed by atoms with Gasteiger partial charge in [0.2, 0.25) is 0 Å². The number of fused-ring (bicyclic) bond motifs is 2. The van der Waals surface area contributed by atoms with E-state index in [0.717, 1.165) is 0 Å². The van der Waals surface area contributed by atoms with Crippen molar-refractivity contribution in [1.82, 2.24) is 24.9 Å². The van der Waals surface area contributed by atoms with Crippen molar-refractivity contribution in [3.8, 4) is 0 Å². The van der Waals surface area contributed by atoms with Gasteiger partial charge in [-0.05, 0) is 18.2 Å². The Hall–Kier alpha value is -2.29. The summed E-state index contributed by atoms with van der Waals surface area (Å²) >= 11 is 12.4. The molecule has 0 aliphatic carbocycles. The van der Waals surface area contributed by atoms with E-state index in [1.807, 2.05) is 0 Å². The lowest BCUT2D eigenvalue weighted by Crippen LogP contribution is -2.11. The lowest BCUT2D eigenvalue weighted by atomic mass is 10.2. The fourth-order valence-corrected chi connectivity index (χ4v) is 3.25. The van der Waals surface area contributed by atoms with Crippen molar-refractivity contribution in [1.29, 1.82) is 0 Å². The minimum Gasteiger partial charge on any atom is -0.332 e. The molecule has 3 aromatic heterocycles. The zero-order chi connectivity index (χ0) is 17.6. The SMILES string of the molecule is O=c1[nH]c(C=[SH]c2nc3nc(Cl)c(Cl)cc3[nH]2)nc2cc(F)ccc12. The van der Waals surface area contributed by atoms with Gasteiger partial charge in [-0.2, -0.15) is 0 Å². The Morgan fingerprint density at radius 2 is 1.96 bits per heavy atom. The number of aromatic amines is 2. The number of hydrogen-bond donors (Lipinski definition) is 3. The Kier molecular flexibility index (Phi) is 4.03. The maximum absolute atomic E-state index is 13.3. The van der Waals surface area contributed by atoms with Crippen LogP contribution < -0.4 is 5.56 Å². The molecule has 0 aliphatic heterocycles. The van der Waals surface area contributed by atoms with Gasteiger partial charge in [-0.1, -0.05) is 23.2 Å². The van der Waals surface area contributed by atoms with Gasteiger partial charge in [-0.15, -0.1) is 11.4 Å². The average Bonchev–Trinajstić information content (AvgIpc) is 2.94. The maximum Gasteiger partial charge on any atom is 0.259 e. The second kappa shape index (κ2) is 6.21. The fraction of sp³-hybridized carbons (Fsp3) is 0. The Morgan fingerprint density at radius 1 is 1.12 bits per heavy atom. The summed E-state index contributed by atoms with van der Waals surface area (Å²) in [5, 5.41) is 3.05. The number of H-pyrrole nitrogens is 2. The summed E-state index contributed by atoms with van der Waals surface area (Å²) in [7, 11) is 0. The first-order valence-corrected chi connectivity index (χ1v) is 8.67. The lowest BCUT2D eigenvalue weighted by Gasteiger charge is -1.98. The summed E-state index contributed by atoms with van der Waals surface area (Å²) in [5.74, 6) is -0.138. The van der Waals surface area contributed by atoms with Crippen LogP contribution in [0.4, 0.5) is 4.39 Å². The van der Waals surface area contributed by atoms with Crippen LogP contribution in [0.5, 0.6) is 0 Å². The van der Waals surface area contributed by atoms with Crippen LogP contribution in [0, 0.1) is 5.82 Å². The standard InChI is InChI=1S/C15H8Cl2FN5OS/c16-8-4-10-13(22-12(8)17)23-15(20-10)25-5-11-19-9-3-6(18)1-2-7(9)14(24)21-11/h1-5,25H,(H,19,21,24)(H,20,22,23). The molecule has 126 valence electrons. The molecule has 6 nitrogen and oxygen atoms in total. The Bertz CT molecular complexity index is 1180. The van der Waals surface area contributed by atoms with Crippen molar-refractivity contribution in [2.45, 2.75) is 5.16 Å². The first-order valence-electron chi connectivity index (χ1n) is 6.95. The third-order valence-corrected chi connectivity index (χ3v) is 4.87. The van der Waals surface area contributed by atoms with Gasteiger partial charge in [0.15, 0.2) is 10.8 Å². The number of imidazole rings is 1. The molecule has 4 aromatic rings. The smallest absolute Gasteiger partial charge is 0.259 e. The number of benzene rings is 1. The summed E-state index contributed by atoms with van der Waals surface area (Å²) in [6, 6.07) is 5.47. The van der Waals surface area contributed by atoms with Gasteiger partial charge >= 0.3 is 0 Å². The van der Waals surface area contributed by atoms with E-state index in [-0.39, 0.29) is 16.2 Å². The normalized spacial score (nSPS) is 12.1. The van der Waals surface area contributed by atoms with Crippen LogP contribution in [0.25, 0.3) is 22.1 Å². The van der Waals surface area contributed by atoms with Gasteiger partial charge in [-0.25, -0.2) is 19.3 Å². The van der Waals surface area contributed by atoms with Gasteiger partial charge in [0, 0.05) is 11.4 Å². The molecule has 0 saturated heterocycles. The predicted octanol–water partition coefficient (Wildman–Crippen LogP) is 3.32. The number of nitrogens with zero attached hydrogens (tertiary/aromatic N) is 3. The predicted molar refractivity (Wildman–Crippen MR) is 98.6 cm³/mol. The molecule has 25 heavy (non-hydrogen) atoms. The number of nitrogens with one attached hydrogen (secondary N) is 2. The van der Waals surface area contributed by atoms with E-state index in [1.54, 1.807) is 11.4 Å². The fourth-order valence-electron chi connectivity index (χ4n) is 2.26. The number of hydrogen-bond acceptors (Lipinski definition) is 4.